The standard InChI is InChI=1S/C49H43O6.3C6H5.Sn/c1-34-41(35-22-10-4-11-23-35)42(36-24-12-5-13-25-36)46(51)55-49(39-30-18-8-19-31-39,40-32-20-9-21-33-40)44-43(52-47(2,3)53-44)48(54-45(34)50,37-26-14-6-15-27-37)38-28-16-7-17-29-38;3*1-2-4-6-5-3-1;/h4-34,41-44H,1H2,2-3H3;3*1-5H;/t34?,41?,42?,43-,44-;;;;/m1..../s1. The number of hydrogen-bond donors (Lipinski definition) is 0. The van der Waals surface area contributed by atoms with Gasteiger partial charge in [-0.1, -0.05) is 0 Å². The maximum atomic E-state index is 17.4. The summed E-state index contributed by atoms with van der Waals surface area (Å²) >= 11 is -4.57. The van der Waals surface area contributed by atoms with Gasteiger partial charge in [0.15, 0.2) is 0 Å². The van der Waals surface area contributed by atoms with E-state index in [4.69, 9.17) is 18.9 Å². The number of benzene rings is 9. The molecule has 0 N–H and O–H groups in total. The molecule has 0 radical (unpaired) electrons. The zero-order valence-corrected chi connectivity index (χ0v) is 44.4. The predicted octanol–water partition coefficient (Wildman–Crippen LogP) is 11.8. The van der Waals surface area contributed by atoms with Crippen molar-refractivity contribution in [3.8, 4) is 0 Å². The number of cyclic esters (lactones) is 2. The first-order valence-corrected chi connectivity index (χ1v) is 31.8. The summed E-state index contributed by atoms with van der Waals surface area (Å²) in [4.78, 5) is 34.3. The second-order valence-corrected chi connectivity index (χ2v) is 31.2. The van der Waals surface area contributed by atoms with Crippen LogP contribution >= 0.6 is 0 Å². The fraction of sp³-hybridized carbons (Fsp3) is 0.164. The molecule has 2 fully saturated rings. The third-order valence-corrected chi connectivity index (χ3v) is 29.5. The molecule has 2 saturated heterocycles. The van der Waals surface area contributed by atoms with Crippen molar-refractivity contribution in [2.45, 2.75) is 59.3 Å². The Morgan fingerprint density at radius 3 is 0.986 bits per heavy atom. The third-order valence-electron chi connectivity index (χ3n) is 15.2. The van der Waals surface area contributed by atoms with Crippen LogP contribution in [-0.4, -0.2) is 48.3 Å². The molecule has 366 valence electrons. The summed E-state index contributed by atoms with van der Waals surface area (Å²) in [6.07, 6.45) is -2.26. The van der Waals surface area contributed by atoms with E-state index in [1.165, 1.54) is 10.7 Å². The molecular weight excluding hydrogens is 1020 g/mol. The van der Waals surface area contributed by atoms with Crippen LogP contribution in [0, 0.1) is 5.92 Å². The van der Waals surface area contributed by atoms with Crippen LogP contribution in [0.3, 0.4) is 0 Å². The topological polar surface area (TPSA) is 71.1 Å². The number of hydrogen-bond acceptors (Lipinski definition) is 6. The van der Waals surface area contributed by atoms with Gasteiger partial charge < -0.3 is 0 Å². The Labute approximate surface area is 438 Å². The monoisotopic (exact) mass is 1080 g/mol. The number of fused-ring (bicyclic) bond motifs is 1. The van der Waals surface area contributed by atoms with E-state index in [-0.39, 0.29) is 0 Å². The molecular formula is C67H58O6Sn. The predicted molar refractivity (Wildman–Crippen MR) is 294 cm³/mol. The molecule has 7 heteroatoms. The van der Waals surface area contributed by atoms with Crippen molar-refractivity contribution in [2.75, 3.05) is 0 Å². The normalized spacial score (nSPS) is 21.2. The molecule has 3 unspecified atom stereocenters. The number of rotatable bonds is 11. The third kappa shape index (κ3) is 8.89. The van der Waals surface area contributed by atoms with Gasteiger partial charge in [-0.3, -0.25) is 0 Å². The molecule has 0 amide bonds. The van der Waals surface area contributed by atoms with Crippen LogP contribution < -0.4 is 10.7 Å². The number of carbonyl (C=O) groups is 2. The maximum absolute atomic E-state index is 17.4. The molecule has 9 aromatic carbocycles. The van der Waals surface area contributed by atoms with Crippen molar-refractivity contribution >= 4 is 41.1 Å². The zero-order chi connectivity index (χ0) is 50.6. The zero-order valence-electron chi connectivity index (χ0n) is 41.5. The van der Waals surface area contributed by atoms with Crippen molar-refractivity contribution in [2.24, 2.45) is 5.92 Å². The van der Waals surface area contributed by atoms with Gasteiger partial charge in [-0.25, -0.2) is 0 Å². The number of carbonyl (C=O) groups excluding carboxylic acids is 2. The van der Waals surface area contributed by atoms with E-state index in [0.29, 0.717) is 32.3 Å². The number of ether oxygens (including phenoxy) is 4. The molecule has 9 aromatic rings. The van der Waals surface area contributed by atoms with E-state index in [1.807, 2.05) is 214 Å². The summed E-state index contributed by atoms with van der Waals surface area (Å²) in [5.74, 6) is -5.14. The molecule has 0 saturated carbocycles. The Bertz CT molecular complexity index is 3100. The molecule has 2 aliphatic heterocycles. The van der Waals surface area contributed by atoms with Crippen LogP contribution in [-0.2, 0) is 39.7 Å². The molecule has 0 aliphatic carbocycles. The molecule has 74 heavy (non-hydrogen) atoms. The van der Waals surface area contributed by atoms with Gasteiger partial charge in [0.05, 0.1) is 0 Å². The quantitative estimate of drug-likeness (QED) is 0.0949. The first-order chi connectivity index (χ1) is 36.2. The van der Waals surface area contributed by atoms with E-state index in [0.717, 1.165) is 5.56 Å². The van der Waals surface area contributed by atoms with Crippen molar-refractivity contribution < 1.29 is 28.5 Å². The average Bonchev–Trinajstić information content (AvgIpc) is 3.81. The Hall–Kier alpha value is -7.36. The molecule has 2 heterocycles. The van der Waals surface area contributed by atoms with E-state index in [2.05, 4.69) is 72.8 Å². The SMILES string of the molecule is CC1(C)O[C@@H]2[C@@H](O1)C(c1ccccc1)(c1ccccc1)OC(=O)C(c1ccccc1)C(c1ccccc1)C([CH2][Sn]([c]1ccccc1)([c]1ccccc1)[c]1ccccc1)C(=O)OC2(c1ccccc1)c1ccccc1. The molecule has 11 rings (SSSR count). The van der Waals surface area contributed by atoms with Gasteiger partial charge in [-0.15, -0.1) is 0 Å². The summed E-state index contributed by atoms with van der Waals surface area (Å²) < 4.78 is 34.3. The van der Waals surface area contributed by atoms with Crippen LogP contribution in [0.2, 0.25) is 4.44 Å². The van der Waals surface area contributed by atoms with Crippen molar-refractivity contribution in [1.82, 2.24) is 0 Å². The minimum atomic E-state index is -4.57. The molecule has 6 nitrogen and oxygen atoms in total. The Morgan fingerprint density at radius 1 is 0.365 bits per heavy atom. The summed E-state index contributed by atoms with van der Waals surface area (Å²) in [5.41, 5.74) is 0.788. The van der Waals surface area contributed by atoms with E-state index in [1.54, 1.807) is 0 Å². The van der Waals surface area contributed by atoms with Crippen LogP contribution in [0.25, 0.3) is 0 Å². The second kappa shape index (κ2) is 20.9. The molecule has 2 aliphatic rings. The van der Waals surface area contributed by atoms with Crippen molar-refractivity contribution in [3.05, 3.63) is 306 Å². The fourth-order valence-electron chi connectivity index (χ4n) is 12.1. The van der Waals surface area contributed by atoms with Crippen molar-refractivity contribution in [3.63, 3.8) is 0 Å². The summed E-state index contributed by atoms with van der Waals surface area (Å²) in [6.45, 7) is 3.75. The van der Waals surface area contributed by atoms with E-state index >= 15 is 9.59 Å². The van der Waals surface area contributed by atoms with Gasteiger partial charge in [0.25, 0.3) is 0 Å². The first-order valence-electron chi connectivity index (χ1n) is 25.5. The van der Waals surface area contributed by atoms with Gasteiger partial charge in [0, 0.05) is 0 Å². The van der Waals surface area contributed by atoms with Gasteiger partial charge >= 0.3 is 441 Å². The van der Waals surface area contributed by atoms with E-state index < -0.39 is 77.3 Å². The Morgan fingerprint density at radius 2 is 0.649 bits per heavy atom. The van der Waals surface area contributed by atoms with Crippen LogP contribution in [0.15, 0.2) is 273 Å². The molecule has 0 bridgehead atoms. The molecule has 0 aromatic heterocycles. The van der Waals surface area contributed by atoms with Crippen LogP contribution in [0.5, 0.6) is 0 Å². The summed E-state index contributed by atoms with van der Waals surface area (Å²) in [7, 11) is 0. The minimum absolute atomic E-state index is 0.376. The van der Waals surface area contributed by atoms with Crippen molar-refractivity contribution in [1.29, 1.82) is 0 Å². The number of esters is 2. The summed E-state index contributed by atoms with van der Waals surface area (Å²) in [5, 5.41) is 0. The van der Waals surface area contributed by atoms with Crippen LogP contribution in [0.4, 0.5) is 0 Å². The Kier molecular flexibility index (Phi) is 13.8. The Balaban J connectivity index is 1.30. The van der Waals surface area contributed by atoms with Gasteiger partial charge in [-0.05, 0) is 0 Å². The first kappa shape index (κ1) is 48.9. The second-order valence-electron chi connectivity index (χ2n) is 19.9. The fourth-order valence-corrected chi connectivity index (χ4v) is 26.6. The summed E-state index contributed by atoms with van der Waals surface area (Å²) in [6, 6.07) is 91.5. The van der Waals surface area contributed by atoms with E-state index in [9.17, 15) is 0 Å². The van der Waals surface area contributed by atoms with Gasteiger partial charge in [0.1, 0.15) is 0 Å². The van der Waals surface area contributed by atoms with Gasteiger partial charge in [-0.2, -0.15) is 0 Å². The van der Waals surface area contributed by atoms with Gasteiger partial charge in [0.2, 0.25) is 0 Å². The molecule has 5 atom stereocenters. The average molecular weight is 1080 g/mol. The molecule has 0 spiro atoms. The van der Waals surface area contributed by atoms with Crippen LogP contribution in [0.1, 0.15) is 59.1 Å².